The number of fused-ring (bicyclic) bond motifs is 8. The highest BCUT2D eigenvalue weighted by Gasteiger charge is 2.36. The standard InChI is InChI=1S/C51H42N2/c1-51(2)46-30-33(19-24-41(46)42-27-23-38(32-47(42)51)53-29-9-13-36-11-4-6-17-49(36)53)18-20-34-21-25-44-40-26-22-37(31-45(40)43-15-7-14-39(34)50(43)44)52-28-8-12-35-10-3-5-16-48(35)52/h3-7,10-11,14-27,30-32H,8-9,12-13,28-29H2,1-2H3. The van der Waals surface area contributed by atoms with Crippen molar-refractivity contribution in [3.63, 3.8) is 0 Å². The smallest absolute Gasteiger partial charge is 0.0443 e. The van der Waals surface area contributed by atoms with Crippen LogP contribution in [0.3, 0.4) is 0 Å². The van der Waals surface area contributed by atoms with E-state index in [1.165, 1.54) is 113 Å². The lowest BCUT2D eigenvalue weighted by Gasteiger charge is -2.32. The predicted molar refractivity (Wildman–Crippen MR) is 225 cm³/mol. The molecule has 0 N–H and O–H groups in total. The number of rotatable bonds is 4. The Morgan fingerprint density at radius 2 is 1.09 bits per heavy atom. The fourth-order valence-corrected chi connectivity index (χ4v) is 9.99. The molecule has 4 aliphatic rings. The average Bonchev–Trinajstić information content (AvgIpc) is 3.65. The molecule has 11 rings (SSSR count). The highest BCUT2D eigenvalue weighted by atomic mass is 15.1. The SMILES string of the molecule is CC1(C)c2cc(C=Cc3ccc4c5c(cccc35)-c3cc(N5CCCc6ccccc65)ccc3-4)ccc2-c2ccc(N3CCCc4ccccc43)cc21. The molecule has 0 bridgehead atoms. The normalized spacial score (nSPS) is 16.0. The molecule has 7 aromatic rings. The predicted octanol–water partition coefficient (Wildman–Crippen LogP) is 13.1. The maximum Gasteiger partial charge on any atom is 0.0443 e. The summed E-state index contributed by atoms with van der Waals surface area (Å²) in [5.74, 6) is 0. The molecule has 2 nitrogen and oxygen atoms in total. The highest BCUT2D eigenvalue weighted by Crippen LogP contribution is 2.52. The molecule has 0 atom stereocenters. The van der Waals surface area contributed by atoms with E-state index in [0.717, 1.165) is 25.9 Å². The Kier molecular flexibility index (Phi) is 6.71. The van der Waals surface area contributed by atoms with Crippen LogP contribution in [0.1, 0.15) is 60.1 Å². The van der Waals surface area contributed by atoms with Gasteiger partial charge in [-0.15, -0.1) is 0 Å². The molecule has 0 unspecified atom stereocenters. The summed E-state index contributed by atoms with van der Waals surface area (Å²) in [4.78, 5) is 5.04. The second-order valence-electron chi connectivity index (χ2n) is 15.9. The molecule has 0 saturated carbocycles. The van der Waals surface area contributed by atoms with Crippen LogP contribution >= 0.6 is 0 Å². The minimum absolute atomic E-state index is 0.0806. The Balaban J connectivity index is 0.914. The van der Waals surface area contributed by atoms with E-state index < -0.39 is 0 Å². The summed E-state index contributed by atoms with van der Waals surface area (Å²) in [5, 5.41) is 2.69. The molecule has 0 saturated heterocycles. The molecule has 2 heteroatoms. The van der Waals surface area contributed by atoms with Crippen molar-refractivity contribution in [2.45, 2.75) is 44.9 Å². The Hall–Kier alpha value is -5.86. The Morgan fingerprint density at radius 3 is 1.83 bits per heavy atom. The van der Waals surface area contributed by atoms with Gasteiger partial charge in [-0.3, -0.25) is 0 Å². The van der Waals surface area contributed by atoms with Crippen LogP contribution in [-0.2, 0) is 18.3 Å². The molecule has 256 valence electrons. The first-order valence-corrected chi connectivity index (χ1v) is 19.4. The van der Waals surface area contributed by atoms with Crippen molar-refractivity contribution < 1.29 is 0 Å². The minimum atomic E-state index is -0.0806. The van der Waals surface area contributed by atoms with Crippen LogP contribution in [0.5, 0.6) is 0 Å². The largest absolute Gasteiger partial charge is 0.341 e. The number of benzene rings is 7. The average molecular weight is 683 g/mol. The number of aryl methyl sites for hydroxylation is 2. The minimum Gasteiger partial charge on any atom is -0.341 e. The number of hydrogen-bond acceptors (Lipinski definition) is 2. The monoisotopic (exact) mass is 682 g/mol. The van der Waals surface area contributed by atoms with Gasteiger partial charge >= 0.3 is 0 Å². The second kappa shape index (κ2) is 11.6. The summed E-state index contributed by atoms with van der Waals surface area (Å²) in [5.41, 5.74) is 21.6. The third kappa shape index (κ3) is 4.64. The van der Waals surface area contributed by atoms with Gasteiger partial charge in [0.25, 0.3) is 0 Å². The molecule has 0 aromatic heterocycles. The first-order valence-electron chi connectivity index (χ1n) is 19.4. The van der Waals surface area contributed by atoms with Gasteiger partial charge in [0.05, 0.1) is 0 Å². The molecule has 0 amide bonds. The van der Waals surface area contributed by atoms with Crippen LogP contribution in [0.25, 0.3) is 56.3 Å². The molecular formula is C51H42N2. The quantitative estimate of drug-likeness (QED) is 0.171. The summed E-state index contributed by atoms with van der Waals surface area (Å²) in [6.07, 6.45) is 9.33. The van der Waals surface area contributed by atoms with Crippen LogP contribution < -0.4 is 9.80 Å². The summed E-state index contributed by atoms with van der Waals surface area (Å²) in [6.45, 7) is 6.92. The van der Waals surface area contributed by atoms with E-state index in [2.05, 4.69) is 169 Å². The van der Waals surface area contributed by atoms with E-state index in [1.54, 1.807) is 0 Å². The molecule has 0 spiro atoms. The van der Waals surface area contributed by atoms with Gasteiger partial charge in [-0.05, 0) is 140 Å². The third-order valence-electron chi connectivity index (χ3n) is 12.6. The number of anilines is 4. The first kappa shape index (κ1) is 30.7. The lowest BCUT2D eigenvalue weighted by atomic mass is 9.81. The maximum atomic E-state index is 2.52. The van der Waals surface area contributed by atoms with Gasteiger partial charge in [0.2, 0.25) is 0 Å². The molecule has 0 fully saturated rings. The zero-order chi connectivity index (χ0) is 35.3. The van der Waals surface area contributed by atoms with Crippen molar-refractivity contribution >= 4 is 45.7 Å². The third-order valence-corrected chi connectivity index (χ3v) is 12.6. The van der Waals surface area contributed by atoms with Crippen molar-refractivity contribution in [2.75, 3.05) is 22.9 Å². The summed E-state index contributed by atoms with van der Waals surface area (Å²) in [6, 6.07) is 50.7. The van der Waals surface area contributed by atoms with Crippen molar-refractivity contribution in [1.29, 1.82) is 0 Å². The van der Waals surface area contributed by atoms with Crippen molar-refractivity contribution in [2.24, 2.45) is 0 Å². The van der Waals surface area contributed by atoms with Gasteiger partial charge < -0.3 is 9.80 Å². The Bertz CT molecular complexity index is 2680. The van der Waals surface area contributed by atoms with Crippen LogP contribution in [-0.4, -0.2) is 13.1 Å². The van der Waals surface area contributed by atoms with Gasteiger partial charge in [0, 0.05) is 41.3 Å². The number of hydrogen-bond donors (Lipinski definition) is 0. The molecule has 53 heavy (non-hydrogen) atoms. The van der Waals surface area contributed by atoms with Gasteiger partial charge in [-0.1, -0.05) is 123 Å². The fraction of sp³-hybridized carbons (Fsp3) is 0.176. The van der Waals surface area contributed by atoms with Gasteiger partial charge in [-0.2, -0.15) is 0 Å². The molecular weight excluding hydrogens is 641 g/mol. The summed E-state index contributed by atoms with van der Waals surface area (Å²) >= 11 is 0. The van der Waals surface area contributed by atoms with E-state index >= 15 is 0 Å². The van der Waals surface area contributed by atoms with Crippen LogP contribution in [0, 0.1) is 0 Å². The zero-order valence-electron chi connectivity index (χ0n) is 30.5. The lowest BCUT2D eigenvalue weighted by Crippen LogP contribution is -2.25. The van der Waals surface area contributed by atoms with Crippen LogP contribution in [0.4, 0.5) is 22.7 Å². The van der Waals surface area contributed by atoms with Crippen LogP contribution in [0.2, 0.25) is 0 Å². The van der Waals surface area contributed by atoms with E-state index in [4.69, 9.17) is 0 Å². The van der Waals surface area contributed by atoms with Crippen molar-refractivity contribution in [1.82, 2.24) is 0 Å². The number of para-hydroxylation sites is 2. The molecule has 2 heterocycles. The Morgan fingerprint density at radius 1 is 0.491 bits per heavy atom. The second-order valence-corrected chi connectivity index (χ2v) is 15.9. The number of nitrogens with zero attached hydrogens (tertiary/aromatic N) is 2. The van der Waals surface area contributed by atoms with E-state index in [0.29, 0.717) is 0 Å². The summed E-state index contributed by atoms with van der Waals surface area (Å²) < 4.78 is 0. The molecule has 7 aromatic carbocycles. The lowest BCUT2D eigenvalue weighted by molar-refractivity contribution is 0.659. The summed E-state index contributed by atoms with van der Waals surface area (Å²) in [7, 11) is 0. The van der Waals surface area contributed by atoms with E-state index in [9.17, 15) is 0 Å². The molecule has 0 radical (unpaired) electrons. The topological polar surface area (TPSA) is 6.48 Å². The molecule has 2 aliphatic carbocycles. The van der Waals surface area contributed by atoms with E-state index in [-0.39, 0.29) is 5.41 Å². The Labute approximate surface area is 312 Å². The van der Waals surface area contributed by atoms with Gasteiger partial charge in [-0.25, -0.2) is 0 Å². The van der Waals surface area contributed by atoms with Gasteiger partial charge in [0.1, 0.15) is 0 Å². The van der Waals surface area contributed by atoms with Crippen molar-refractivity contribution in [3.8, 4) is 33.4 Å². The first-order chi connectivity index (χ1) is 26.0. The van der Waals surface area contributed by atoms with Crippen molar-refractivity contribution in [3.05, 3.63) is 167 Å². The fourth-order valence-electron chi connectivity index (χ4n) is 9.99. The molecule has 2 aliphatic heterocycles. The van der Waals surface area contributed by atoms with E-state index in [1.807, 2.05) is 0 Å². The maximum absolute atomic E-state index is 2.52. The zero-order valence-corrected chi connectivity index (χ0v) is 30.5. The highest BCUT2D eigenvalue weighted by molar-refractivity contribution is 6.17. The van der Waals surface area contributed by atoms with Crippen LogP contribution in [0.15, 0.2) is 133 Å². The van der Waals surface area contributed by atoms with Gasteiger partial charge in [0.15, 0.2) is 0 Å².